The Bertz CT molecular complexity index is 1050. The molecule has 0 bridgehead atoms. The van der Waals surface area contributed by atoms with E-state index < -0.39 is 5.91 Å². The lowest BCUT2D eigenvalue weighted by molar-refractivity contribution is 0.0991. The summed E-state index contributed by atoms with van der Waals surface area (Å²) in [7, 11) is 0. The summed E-state index contributed by atoms with van der Waals surface area (Å²) in [6.07, 6.45) is 0.625. The average molecular weight is 395 g/mol. The molecule has 0 saturated carbocycles. The van der Waals surface area contributed by atoms with E-state index in [9.17, 15) is 9.59 Å². The Morgan fingerprint density at radius 3 is 2.79 bits per heavy atom. The Kier molecular flexibility index (Phi) is 5.02. The van der Waals surface area contributed by atoms with Gasteiger partial charge >= 0.3 is 6.03 Å². The molecular formula is C21H21N3O3S. The molecule has 1 aliphatic rings. The molecule has 6 nitrogen and oxygen atoms in total. The number of carbonyl (C=O) groups is 2. The summed E-state index contributed by atoms with van der Waals surface area (Å²) >= 11 is 1.35. The van der Waals surface area contributed by atoms with Gasteiger partial charge in [-0.15, -0.1) is 11.3 Å². The minimum absolute atomic E-state index is 0.207. The Morgan fingerprint density at radius 2 is 1.96 bits per heavy atom. The van der Waals surface area contributed by atoms with Crippen LogP contribution in [0.2, 0.25) is 0 Å². The molecular weight excluding hydrogens is 374 g/mol. The van der Waals surface area contributed by atoms with Crippen LogP contribution in [-0.2, 0) is 17.8 Å². The van der Waals surface area contributed by atoms with Gasteiger partial charge in [0.2, 0.25) is 0 Å². The van der Waals surface area contributed by atoms with E-state index in [2.05, 4.69) is 10.6 Å². The van der Waals surface area contributed by atoms with E-state index in [1.165, 1.54) is 11.3 Å². The van der Waals surface area contributed by atoms with Gasteiger partial charge in [0.25, 0.3) is 5.91 Å². The fourth-order valence-electron chi connectivity index (χ4n) is 3.62. The van der Waals surface area contributed by atoms with Gasteiger partial charge in [0.1, 0.15) is 5.00 Å². The third-order valence-corrected chi connectivity index (χ3v) is 6.05. The van der Waals surface area contributed by atoms with Gasteiger partial charge in [-0.3, -0.25) is 10.1 Å². The van der Waals surface area contributed by atoms with Gasteiger partial charge in [-0.25, -0.2) is 4.79 Å². The molecule has 1 unspecified atom stereocenters. The first-order chi connectivity index (χ1) is 13.5. The molecule has 0 saturated heterocycles. The predicted octanol–water partition coefficient (Wildman–Crippen LogP) is 3.96. The van der Waals surface area contributed by atoms with Gasteiger partial charge in [0.05, 0.1) is 24.8 Å². The van der Waals surface area contributed by atoms with Crippen molar-refractivity contribution in [1.82, 2.24) is 5.32 Å². The van der Waals surface area contributed by atoms with Crippen LogP contribution >= 0.6 is 11.3 Å². The number of amides is 3. The van der Waals surface area contributed by atoms with Gasteiger partial charge in [-0.05, 0) is 35.2 Å². The molecule has 7 heteroatoms. The second kappa shape index (κ2) is 7.61. The topological polar surface area (TPSA) is 93.5 Å². The van der Waals surface area contributed by atoms with Crippen LogP contribution in [0, 0.1) is 0 Å². The highest BCUT2D eigenvalue weighted by molar-refractivity contribution is 7.17. The molecule has 1 aliphatic heterocycles. The predicted molar refractivity (Wildman–Crippen MR) is 111 cm³/mol. The Hall–Kier alpha value is -2.90. The molecule has 144 valence electrons. The highest BCUT2D eigenvalue weighted by Crippen LogP contribution is 2.36. The van der Waals surface area contributed by atoms with Gasteiger partial charge in [0, 0.05) is 4.88 Å². The number of nitrogens with two attached hydrogens (primary N) is 1. The maximum absolute atomic E-state index is 12.6. The molecule has 4 rings (SSSR count). The zero-order chi connectivity index (χ0) is 19.7. The maximum Gasteiger partial charge on any atom is 0.320 e. The first kappa shape index (κ1) is 18.5. The molecule has 4 N–H and O–H groups in total. The second-order valence-electron chi connectivity index (χ2n) is 6.76. The molecule has 1 atom stereocenters. The van der Waals surface area contributed by atoms with E-state index in [0.29, 0.717) is 30.2 Å². The summed E-state index contributed by atoms with van der Waals surface area (Å²) in [6.45, 7) is 2.92. The molecule has 0 aliphatic carbocycles. The number of hydrogen-bond donors (Lipinski definition) is 3. The first-order valence-corrected chi connectivity index (χ1v) is 9.93. The summed E-state index contributed by atoms with van der Waals surface area (Å²) in [5.74, 6) is -0.531. The molecule has 2 heterocycles. The summed E-state index contributed by atoms with van der Waals surface area (Å²) in [4.78, 5) is 25.5. The summed E-state index contributed by atoms with van der Waals surface area (Å²) in [5.41, 5.74) is 7.89. The number of primary amides is 1. The summed E-state index contributed by atoms with van der Waals surface area (Å²) in [6, 6.07) is 13.5. The van der Waals surface area contributed by atoms with E-state index in [1.54, 1.807) is 0 Å². The number of fused-ring (bicyclic) bond motifs is 2. The fraction of sp³-hybridized carbons (Fsp3) is 0.238. The lowest BCUT2D eigenvalue weighted by atomic mass is 10.00. The van der Waals surface area contributed by atoms with Crippen LogP contribution in [0.5, 0.6) is 0 Å². The van der Waals surface area contributed by atoms with Gasteiger partial charge in [-0.2, -0.15) is 0 Å². The number of carbonyl (C=O) groups excluding carboxylic acids is 2. The van der Waals surface area contributed by atoms with Gasteiger partial charge < -0.3 is 15.8 Å². The van der Waals surface area contributed by atoms with Crippen LogP contribution in [-0.4, -0.2) is 18.5 Å². The number of hydrogen-bond acceptors (Lipinski definition) is 4. The van der Waals surface area contributed by atoms with Gasteiger partial charge in [-0.1, -0.05) is 42.5 Å². The number of thiophene rings is 1. The van der Waals surface area contributed by atoms with E-state index in [-0.39, 0.29) is 12.1 Å². The quantitative estimate of drug-likeness (QED) is 0.624. The lowest BCUT2D eigenvalue weighted by Crippen LogP contribution is -2.31. The lowest BCUT2D eigenvalue weighted by Gasteiger charge is -2.17. The SMILES string of the molecule is CC(NC(=O)Nc1sc2c(c1C(N)=O)CCOC2)c1cccc2ccccc12. The van der Waals surface area contributed by atoms with Crippen LogP contribution in [0.25, 0.3) is 10.8 Å². The minimum atomic E-state index is -0.531. The molecule has 28 heavy (non-hydrogen) atoms. The number of rotatable bonds is 4. The fourth-order valence-corrected chi connectivity index (χ4v) is 4.81. The normalized spacial score (nSPS) is 14.3. The van der Waals surface area contributed by atoms with Crippen molar-refractivity contribution >= 4 is 39.0 Å². The third kappa shape index (κ3) is 3.46. The van der Waals surface area contributed by atoms with Crippen molar-refractivity contribution in [1.29, 1.82) is 0 Å². The Morgan fingerprint density at radius 1 is 1.18 bits per heavy atom. The number of nitrogens with one attached hydrogen (secondary N) is 2. The van der Waals surface area contributed by atoms with Crippen LogP contribution < -0.4 is 16.4 Å². The van der Waals surface area contributed by atoms with Crippen molar-refractivity contribution in [3.8, 4) is 0 Å². The highest BCUT2D eigenvalue weighted by Gasteiger charge is 2.25. The average Bonchev–Trinajstić information content (AvgIpc) is 3.05. The second-order valence-corrected chi connectivity index (χ2v) is 7.87. The zero-order valence-electron chi connectivity index (χ0n) is 15.5. The number of anilines is 1. The molecule has 0 fully saturated rings. The monoisotopic (exact) mass is 395 g/mol. The van der Waals surface area contributed by atoms with Crippen molar-refractivity contribution < 1.29 is 14.3 Å². The summed E-state index contributed by atoms with van der Waals surface area (Å²) in [5, 5.41) is 8.46. The van der Waals surface area contributed by atoms with Crippen molar-refractivity contribution in [2.45, 2.75) is 26.0 Å². The number of ether oxygens (including phenoxy) is 1. The molecule has 0 radical (unpaired) electrons. The standard InChI is InChI=1S/C21H21N3O3S/c1-12(14-8-4-6-13-5-2-3-7-15(13)14)23-21(26)24-20-18(19(22)25)16-9-10-27-11-17(16)28-20/h2-8,12H,9-11H2,1H3,(H2,22,25)(H2,23,24,26). The molecule has 3 amide bonds. The minimum Gasteiger partial charge on any atom is -0.376 e. The van der Waals surface area contributed by atoms with Crippen LogP contribution in [0.3, 0.4) is 0 Å². The van der Waals surface area contributed by atoms with Crippen molar-refractivity contribution in [2.75, 3.05) is 11.9 Å². The molecule has 1 aromatic heterocycles. The van der Waals surface area contributed by atoms with E-state index in [0.717, 1.165) is 26.8 Å². The van der Waals surface area contributed by atoms with E-state index in [1.807, 2.05) is 49.4 Å². The van der Waals surface area contributed by atoms with Crippen molar-refractivity contribution in [3.05, 3.63) is 64.0 Å². The molecule has 3 aromatic rings. The Labute approximate surface area is 166 Å². The van der Waals surface area contributed by atoms with Gasteiger partial charge in [0.15, 0.2) is 0 Å². The highest BCUT2D eigenvalue weighted by atomic mass is 32.1. The molecule has 0 spiro atoms. The smallest absolute Gasteiger partial charge is 0.320 e. The third-order valence-electron chi connectivity index (χ3n) is 4.93. The maximum atomic E-state index is 12.6. The largest absolute Gasteiger partial charge is 0.376 e. The number of urea groups is 1. The first-order valence-electron chi connectivity index (χ1n) is 9.12. The number of benzene rings is 2. The van der Waals surface area contributed by atoms with Crippen molar-refractivity contribution in [3.63, 3.8) is 0 Å². The summed E-state index contributed by atoms with van der Waals surface area (Å²) < 4.78 is 5.44. The molecule has 2 aromatic carbocycles. The van der Waals surface area contributed by atoms with Crippen molar-refractivity contribution in [2.24, 2.45) is 5.73 Å². The Balaban J connectivity index is 1.55. The van der Waals surface area contributed by atoms with Crippen LogP contribution in [0.15, 0.2) is 42.5 Å². The van der Waals surface area contributed by atoms with E-state index in [4.69, 9.17) is 10.5 Å². The zero-order valence-corrected chi connectivity index (χ0v) is 16.3. The van der Waals surface area contributed by atoms with E-state index >= 15 is 0 Å². The van der Waals surface area contributed by atoms with Crippen LogP contribution in [0.1, 0.15) is 39.3 Å². The van der Waals surface area contributed by atoms with Crippen LogP contribution in [0.4, 0.5) is 9.80 Å².